The van der Waals surface area contributed by atoms with E-state index in [1.807, 2.05) is 0 Å². The number of carbonyl (C=O) groups is 1. The van der Waals surface area contributed by atoms with Gasteiger partial charge >= 0.3 is 0 Å². The van der Waals surface area contributed by atoms with Crippen LogP contribution in [0.25, 0.3) is 0 Å². The summed E-state index contributed by atoms with van der Waals surface area (Å²) in [7, 11) is 1.59. The number of amides is 1. The minimum absolute atomic E-state index is 0.0199. The summed E-state index contributed by atoms with van der Waals surface area (Å²) in [4.78, 5) is 11.8. The van der Waals surface area contributed by atoms with Crippen molar-refractivity contribution in [2.24, 2.45) is 0 Å². The summed E-state index contributed by atoms with van der Waals surface area (Å²) in [5.74, 6) is -0.0774. The Labute approximate surface area is 108 Å². The molecule has 0 aliphatic carbocycles. The zero-order chi connectivity index (χ0) is 13.4. The van der Waals surface area contributed by atoms with E-state index in [0.717, 1.165) is 12.8 Å². The summed E-state index contributed by atoms with van der Waals surface area (Å²) < 4.78 is 10.2. The van der Waals surface area contributed by atoms with Gasteiger partial charge in [0, 0.05) is 32.4 Å². The van der Waals surface area contributed by atoms with Gasteiger partial charge in [-0.25, -0.2) is 0 Å². The molecule has 0 spiro atoms. The van der Waals surface area contributed by atoms with Crippen molar-refractivity contribution in [1.29, 1.82) is 0 Å². The second-order valence-corrected chi connectivity index (χ2v) is 4.70. The van der Waals surface area contributed by atoms with E-state index in [4.69, 9.17) is 9.47 Å². The number of hydrogen-bond donors (Lipinski definition) is 3. The van der Waals surface area contributed by atoms with Crippen LogP contribution in [0, 0.1) is 0 Å². The average molecular weight is 260 g/mol. The molecule has 1 saturated heterocycles. The predicted octanol–water partition coefficient (Wildman–Crippen LogP) is -0.731. The van der Waals surface area contributed by atoms with Gasteiger partial charge in [-0.3, -0.25) is 10.1 Å². The van der Waals surface area contributed by atoms with Gasteiger partial charge in [0.05, 0.1) is 19.3 Å². The number of ether oxygens (including phenoxy) is 2. The summed E-state index contributed by atoms with van der Waals surface area (Å²) in [6, 6.07) is -0.341. The molecule has 1 rings (SSSR count). The number of rotatable bonds is 7. The van der Waals surface area contributed by atoms with Gasteiger partial charge in [-0.05, 0) is 19.8 Å². The third-order valence-electron chi connectivity index (χ3n) is 3.27. The van der Waals surface area contributed by atoms with Crippen LogP contribution in [0.1, 0.15) is 19.8 Å². The van der Waals surface area contributed by atoms with Gasteiger partial charge in [0.15, 0.2) is 0 Å². The van der Waals surface area contributed by atoms with E-state index >= 15 is 0 Å². The molecular formula is C12H24N2O4. The van der Waals surface area contributed by atoms with Crippen LogP contribution < -0.4 is 10.6 Å². The second-order valence-electron chi connectivity index (χ2n) is 4.70. The van der Waals surface area contributed by atoms with Crippen molar-refractivity contribution in [3.8, 4) is 0 Å². The van der Waals surface area contributed by atoms with Crippen LogP contribution in [0.3, 0.4) is 0 Å². The van der Waals surface area contributed by atoms with E-state index in [2.05, 4.69) is 10.6 Å². The first kappa shape index (κ1) is 15.4. The van der Waals surface area contributed by atoms with Gasteiger partial charge in [0.25, 0.3) is 0 Å². The predicted molar refractivity (Wildman–Crippen MR) is 67.4 cm³/mol. The van der Waals surface area contributed by atoms with Gasteiger partial charge in [0.1, 0.15) is 0 Å². The largest absolute Gasteiger partial charge is 0.394 e. The molecule has 3 N–H and O–H groups in total. The molecule has 106 valence electrons. The number of hydrogen-bond acceptors (Lipinski definition) is 5. The Morgan fingerprint density at radius 3 is 2.72 bits per heavy atom. The fraction of sp³-hybridized carbons (Fsp3) is 0.917. The number of methoxy groups -OCH3 is 1. The quantitative estimate of drug-likeness (QED) is 0.526. The lowest BCUT2D eigenvalue weighted by Crippen LogP contribution is -2.58. The monoisotopic (exact) mass is 260 g/mol. The highest BCUT2D eigenvalue weighted by molar-refractivity contribution is 5.81. The summed E-state index contributed by atoms with van der Waals surface area (Å²) in [5, 5.41) is 15.5. The molecule has 0 aromatic heterocycles. The van der Waals surface area contributed by atoms with Crippen molar-refractivity contribution in [2.75, 3.05) is 40.1 Å². The molecule has 18 heavy (non-hydrogen) atoms. The molecule has 0 bridgehead atoms. The molecule has 1 heterocycles. The van der Waals surface area contributed by atoms with Crippen molar-refractivity contribution in [2.45, 2.75) is 31.3 Å². The van der Waals surface area contributed by atoms with E-state index in [1.54, 1.807) is 14.0 Å². The molecule has 0 aromatic rings. The summed E-state index contributed by atoms with van der Waals surface area (Å²) >= 11 is 0. The normalized spacial score (nSPS) is 20.4. The molecule has 1 fully saturated rings. The molecule has 1 aliphatic rings. The maximum Gasteiger partial charge on any atom is 0.236 e. The molecule has 1 atom stereocenters. The Hall–Kier alpha value is -0.690. The second kappa shape index (κ2) is 7.68. The van der Waals surface area contributed by atoms with Crippen LogP contribution in [0.15, 0.2) is 0 Å². The molecule has 6 nitrogen and oxygen atoms in total. The van der Waals surface area contributed by atoms with Crippen LogP contribution in [0.5, 0.6) is 0 Å². The zero-order valence-corrected chi connectivity index (χ0v) is 11.2. The molecule has 1 aliphatic heterocycles. The van der Waals surface area contributed by atoms with Crippen molar-refractivity contribution in [3.63, 3.8) is 0 Å². The van der Waals surface area contributed by atoms with Gasteiger partial charge in [-0.2, -0.15) is 0 Å². The van der Waals surface area contributed by atoms with Crippen molar-refractivity contribution in [1.82, 2.24) is 10.6 Å². The van der Waals surface area contributed by atoms with Gasteiger partial charge in [-0.1, -0.05) is 0 Å². The van der Waals surface area contributed by atoms with Crippen molar-refractivity contribution in [3.05, 3.63) is 0 Å². The highest BCUT2D eigenvalue weighted by Gasteiger charge is 2.34. The highest BCUT2D eigenvalue weighted by atomic mass is 16.5. The van der Waals surface area contributed by atoms with E-state index in [0.29, 0.717) is 26.4 Å². The SMILES string of the molecule is COCCNC(=O)C(C)NC1(CO)CCOCC1. The lowest BCUT2D eigenvalue weighted by molar-refractivity contribution is -0.124. The number of aliphatic hydroxyl groups is 1. The first-order chi connectivity index (χ1) is 8.63. The Bertz CT molecular complexity index is 254. The van der Waals surface area contributed by atoms with Gasteiger partial charge < -0.3 is 19.9 Å². The Morgan fingerprint density at radius 2 is 2.17 bits per heavy atom. The maximum atomic E-state index is 11.8. The van der Waals surface area contributed by atoms with Crippen LogP contribution in [0.2, 0.25) is 0 Å². The lowest BCUT2D eigenvalue weighted by atomic mass is 9.90. The third-order valence-corrected chi connectivity index (χ3v) is 3.27. The fourth-order valence-electron chi connectivity index (χ4n) is 2.06. The Morgan fingerprint density at radius 1 is 1.50 bits per heavy atom. The molecule has 1 unspecified atom stereocenters. The molecule has 0 radical (unpaired) electrons. The summed E-state index contributed by atoms with van der Waals surface area (Å²) in [6.07, 6.45) is 1.44. The highest BCUT2D eigenvalue weighted by Crippen LogP contribution is 2.20. The summed E-state index contributed by atoms with van der Waals surface area (Å²) in [6.45, 7) is 4.05. The third kappa shape index (κ3) is 4.53. The molecule has 1 amide bonds. The zero-order valence-electron chi connectivity index (χ0n) is 11.2. The van der Waals surface area contributed by atoms with E-state index in [1.165, 1.54) is 0 Å². The maximum absolute atomic E-state index is 11.8. The van der Waals surface area contributed by atoms with E-state index < -0.39 is 5.54 Å². The molecule has 0 aromatic carbocycles. The van der Waals surface area contributed by atoms with Crippen molar-refractivity contribution >= 4 is 5.91 Å². The molecule has 0 saturated carbocycles. The number of nitrogens with one attached hydrogen (secondary N) is 2. The first-order valence-corrected chi connectivity index (χ1v) is 6.36. The number of carbonyl (C=O) groups excluding carboxylic acids is 1. The lowest BCUT2D eigenvalue weighted by Gasteiger charge is -2.38. The van der Waals surface area contributed by atoms with E-state index in [9.17, 15) is 9.90 Å². The standard InChI is InChI=1S/C12H24N2O4/c1-10(11(16)13-5-8-17-2)14-12(9-15)3-6-18-7-4-12/h10,14-15H,3-9H2,1-2H3,(H,13,16). The first-order valence-electron chi connectivity index (χ1n) is 6.36. The van der Waals surface area contributed by atoms with Crippen molar-refractivity contribution < 1.29 is 19.4 Å². The van der Waals surface area contributed by atoms with Crippen LogP contribution in [-0.2, 0) is 14.3 Å². The summed E-state index contributed by atoms with van der Waals surface area (Å²) in [5.41, 5.74) is -0.393. The van der Waals surface area contributed by atoms with Crippen LogP contribution in [-0.4, -0.2) is 62.7 Å². The number of aliphatic hydroxyl groups excluding tert-OH is 1. The smallest absolute Gasteiger partial charge is 0.236 e. The van der Waals surface area contributed by atoms with Crippen LogP contribution >= 0.6 is 0 Å². The van der Waals surface area contributed by atoms with Crippen LogP contribution in [0.4, 0.5) is 0 Å². The van der Waals surface area contributed by atoms with Gasteiger partial charge in [0.2, 0.25) is 5.91 Å². The Kier molecular flexibility index (Phi) is 6.56. The average Bonchev–Trinajstić information content (AvgIpc) is 2.40. The van der Waals surface area contributed by atoms with E-state index in [-0.39, 0.29) is 18.6 Å². The Balaban J connectivity index is 2.40. The molecular weight excluding hydrogens is 236 g/mol. The minimum atomic E-state index is -0.393. The molecule has 6 heteroatoms. The fourth-order valence-corrected chi connectivity index (χ4v) is 2.06. The van der Waals surface area contributed by atoms with Gasteiger partial charge in [-0.15, -0.1) is 0 Å². The minimum Gasteiger partial charge on any atom is -0.394 e. The topological polar surface area (TPSA) is 79.8 Å².